The van der Waals surface area contributed by atoms with Gasteiger partial charge in [-0.2, -0.15) is 0 Å². The summed E-state index contributed by atoms with van der Waals surface area (Å²) in [5.74, 6) is -0.537. The number of hydrogen-bond donors (Lipinski definition) is 3. The minimum Gasteiger partial charge on any atom is -0.409 e. The molecule has 0 amide bonds. The number of amidine groups is 1. The third kappa shape index (κ3) is 3.52. The summed E-state index contributed by atoms with van der Waals surface area (Å²) in [4.78, 5) is 4.02. The Balaban J connectivity index is 2.06. The summed E-state index contributed by atoms with van der Waals surface area (Å²) in [5.41, 5.74) is 7.72. The summed E-state index contributed by atoms with van der Waals surface area (Å²) < 4.78 is 13.2. The number of aromatic nitrogens is 1. The van der Waals surface area contributed by atoms with Gasteiger partial charge in [-0.15, -0.1) is 0 Å². The van der Waals surface area contributed by atoms with Crippen LogP contribution in [0.25, 0.3) is 0 Å². The van der Waals surface area contributed by atoms with E-state index < -0.39 is 5.82 Å². The van der Waals surface area contributed by atoms with Crippen molar-refractivity contribution in [3.05, 3.63) is 65.2 Å². The molecule has 1 aromatic heterocycles. The van der Waals surface area contributed by atoms with Crippen molar-refractivity contribution in [2.24, 2.45) is 10.9 Å². The first-order valence-electron chi connectivity index (χ1n) is 6.06. The van der Waals surface area contributed by atoms with Crippen LogP contribution in [-0.2, 0) is 13.1 Å². The van der Waals surface area contributed by atoms with E-state index in [1.54, 1.807) is 18.5 Å². The molecule has 2 rings (SSSR count). The van der Waals surface area contributed by atoms with Crippen molar-refractivity contribution >= 4 is 5.84 Å². The number of nitrogens with zero attached hydrogens (tertiary/aromatic N) is 2. The molecule has 0 bridgehead atoms. The van der Waals surface area contributed by atoms with Crippen LogP contribution in [0.5, 0.6) is 0 Å². The van der Waals surface area contributed by atoms with Crippen molar-refractivity contribution in [3.63, 3.8) is 0 Å². The molecule has 0 radical (unpaired) electrons. The largest absolute Gasteiger partial charge is 0.409 e. The standard InChI is InChI=1S/C14H15FN4O/c15-12-4-3-11(13(6-12)14(16)19-20)9-18-8-10-2-1-5-17-7-10/h1-7,18,20H,8-9H2,(H2,16,19). The van der Waals surface area contributed by atoms with Crippen LogP contribution in [0.3, 0.4) is 0 Å². The zero-order valence-electron chi connectivity index (χ0n) is 10.8. The summed E-state index contributed by atoms with van der Waals surface area (Å²) in [6.07, 6.45) is 3.47. The topological polar surface area (TPSA) is 83.5 Å². The average molecular weight is 274 g/mol. The molecule has 104 valence electrons. The molecule has 0 spiro atoms. The molecule has 0 aliphatic heterocycles. The Morgan fingerprint density at radius 1 is 1.35 bits per heavy atom. The van der Waals surface area contributed by atoms with Gasteiger partial charge in [0.2, 0.25) is 0 Å². The Labute approximate surface area is 116 Å². The van der Waals surface area contributed by atoms with E-state index in [0.29, 0.717) is 18.7 Å². The average Bonchev–Trinajstić information content (AvgIpc) is 2.49. The highest BCUT2D eigenvalue weighted by atomic mass is 19.1. The summed E-state index contributed by atoms with van der Waals surface area (Å²) in [5, 5.41) is 14.8. The number of pyridine rings is 1. The van der Waals surface area contributed by atoms with Crippen molar-refractivity contribution in [2.45, 2.75) is 13.1 Å². The Bertz CT molecular complexity index is 601. The fourth-order valence-corrected chi connectivity index (χ4v) is 1.84. The molecule has 0 aliphatic rings. The van der Waals surface area contributed by atoms with Gasteiger partial charge < -0.3 is 16.3 Å². The van der Waals surface area contributed by atoms with E-state index in [0.717, 1.165) is 11.1 Å². The van der Waals surface area contributed by atoms with E-state index in [1.165, 1.54) is 12.1 Å². The lowest BCUT2D eigenvalue weighted by Gasteiger charge is -2.10. The molecule has 0 fully saturated rings. The van der Waals surface area contributed by atoms with E-state index in [9.17, 15) is 4.39 Å². The minimum absolute atomic E-state index is 0.109. The highest BCUT2D eigenvalue weighted by molar-refractivity contribution is 5.98. The van der Waals surface area contributed by atoms with Crippen LogP contribution >= 0.6 is 0 Å². The van der Waals surface area contributed by atoms with Gasteiger partial charge in [0.1, 0.15) is 5.82 Å². The normalized spacial score (nSPS) is 11.6. The smallest absolute Gasteiger partial charge is 0.170 e. The maximum Gasteiger partial charge on any atom is 0.170 e. The van der Waals surface area contributed by atoms with Crippen molar-refractivity contribution < 1.29 is 9.60 Å². The van der Waals surface area contributed by atoms with Gasteiger partial charge in [-0.1, -0.05) is 17.3 Å². The number of nitrogens with two attached hydrogens (primary N) is 1. The molecule has 0 saturated heterocycles. The van der Waals surface area contributed by atoms with Gasteiger partial charge in [-0.05, 0) is 29.3 Å². The van der Waals surface area contributed by atoms with Gasteiger partial charge in [-0.3, -0.25) is 4.98 Å². The number of hydrogen-bond acceptors (Lipinski definition) is 4. The first-order chi connectivity index (χ1) is 9.70. The van der Waals surface area contributed by atoms with E-state index in [4.69, 9.17) is 10.9 Å². The van der Waals surface area contributed by atoms with Crippen LogP contribution in [0.1, 0.15) is 16.7 Å². The first kappa shape index (κ1) is 14.0. The fraction of sp³-hybridized carbons (Fsp3) is 0.143. The molecule has 1 heterocycles. The van der Waals surface area contributed by atoms with Gasteiger partial charge in [0, 0.05) is 31.0 Å². The zero-order chi connectivity index (χ0) is 14.4. The molecule has 2 aromatic rings. The van der Waals surface area contributed by atoms with Crippen LogP contribution in [0.4, 0.5) is 4.39 Å². The van der Waals surface area contributed by atoms with Gasteiger partial charge in [0.25, 0.3) is 0 Å². The van der Waals surface area contributed by atoms with E-state index in [-0.39, 0.29) is 5.84 Å². The molecule has 0 atom stereocenters. The van der Waals surface area contributed by atoms with Gasteiger partial charge in [0.15, 0.2) is 5.84 Å². The SMILES string of the molecule is NC(=NO)c1cc(F)ccc1CNCc1cccnc1. The molecule has 0 saturated carbocycles. The highest BCUT2D eigenvalue weighted by Gasteiger charge is 2.08. The summed E-state index contributed by atoms with van der Waals surface area (Å²) in [6, 6.07) is 8.01. The second kappa shape index (κ2) is 6.63. The maximum absolute atomic E-state index is 13.2. The van der Waals surface area contributed by atoms with Crippen LogP contribution < -0.4 is 11.1 Å². The molecule has 20 heavy (non-hydrogen) atoms. The van der Waals surface area contributed by atoms with Crippen LogP contribution in [-0.4, -0.2) is 16.0 Å². The molecular formula is C14H15FN4O. The molecule has 1 aromatic carbocycles. The van der Waals surface area contributed by atoms with Gasteiger partial charge >= 0.3 is 0 Å². The van der Waals surface area contributed by atoms with E-state index in [1.807, 2.05) is 12.1 Å². The van der Waals surface area contributed by atoms with Crippen LogP contribution in [0, 0.1) is 5.82 Å². The van der Waals surface area contributed by atoms with Gasteiger partial charge in [-0.25, -0.2) is 4.39 Å². The third-order valence-electron chi connectivity index (χ3n) is 2.82. The Kier molecular flexibility index (Phi) is 4.62. The number of halogens is 1. The van der Waals surface area contributed by atoms with E-state index in [2.05, 4.69) is 15.5 Å². The predicted molar refractivity (Wildman–Crippen MR) is 73.7 cm³/mol. The van der Waals surface area contributed by atoms with Crippen LogP contribution in [0.15, 0.2) is 47.9 Å². The molecule has 0 unspecified atom stereocenters. The predicted octanol–water partition coefficient (Wildman–Crippen LogP) is 1.60. The minimum atomic E-state index is -0.428. The maximum atomic E-state index is 13.2. The Morgan fingerprint density at radius 2 is 2.20 bits per heavy atom. The number of nitrogens with one attached hydrogen (secondary N) is 1. The first-order valence-corrected chi connectivity index (χ1v) is 6.06. The van der Waals surface area contributed by atoms with E-state index >= 15 is 0 Å². The van der Waals surface area contributed by atoms with Crippen molar-refractivity contribution in [1.29, 1.82) is 0 Å². The quantitative estimate of drug-likeness (QED) is 0.335. The lowest BCUT2D eigenvalue weighted by Crippen LogP contribution is -2.20. The highest BCUT2D eigenvalue weighted by Crippen LogP contribution is 2.11. The number of oxime groups is 1. The molecular weight excluding hydrogens is 259 g/mol. The van der Waals surface area contributed by atoms with Crippen molar-refractivity contribution in [1.82, 2.24) is 10.3 Å². The monoisotopic (exact) mass is 274 g/mol. The Hall–Kier alpha value is -2.47. The molecule has 4 N–H and O–H groups in total. The fourth-order valence-electron chi connectivity index (χ4n) is 1.84. The summed E-state index contributed by atoms with van der Waals surface area (Å²) in [6.45, 7) is 1.10. The molecule has 0 aliphatic carbocycles. The second-order valence-corrected chi connectivity index (χ2v) is 4.25. The van der Waals surface area contributed by atoms with Gasteiger partial charge in [0.05, 0.1) is 0 Å². The molecule has 5 nitrogen and oxygen atoms in total. The zero-order valence-corrected chi connectivity index (χ0v) is 10.8. The number of rotatable bonds is 5. The lowest BCUT2D eigenvalue weighted by atomic mass is 10.1. The second-order valence-electron chi connectivity index (χ2n) is 4.25. The number of benzene rings is 1. The van der Waals surface area contributed by atoms with Crippen molar-refractivity contribution in [3.8, 4) is 0 Å². The van der Waals surface area contributed by atoms with Crippen molar-refractivity contribution in [2.75, 3.05) is 0 Å². The third-order valence-corrected chi connectivity index (χ3v) is 2.82. The lowest BCUT2D eigenvalue weighted by molar-refractivity contribution is 0.318. The Morgan fingerprint density at radius 3 is 2.90 bits per heavy atom. The van der Waals surface area contributed by atoms with Crippen LogP contribution in [0.2, 0.25) is 0 Å². The summed E-state index contributed by atoms with van der Waals surface area (Å²) >= 11 is 0. The molecule has 6 heteroatoms. The summed E-state index contributed by atoms with van der Waals surface area (Å²) in [7, 11) is 0.